The summed E-state index contributed by atoms with van der Waals surface area (Å²) in [5.41, 5.74) is 5.56. The lowest BCUT2D eigenvalue weighted by Crippen LogP contribution is -2.23. The Bertz CT molecular complexity index is 1890. The third kappa shape index (κ3) is 4.76. The normalized spacial score (nSPS) is 14.1. The number of aliphatic hydroxyl groups is 1. The van der Waals surface area contributed by atoms with Gasteiger partial charge in [0.25, 0.3) is 11.1 Å². The van der Waals surface area contributed by atoms with Gasteiger partial charge < -0.3 is 24.1 Å². The Morgan fingerprint density at radius 3 is 2.73 bits per heavy atom. The number of aryl methyl sites for hydroxylation is 1. The lowest BCUT2D eigenvalue weighted by molar-refractivity contribution is 0.183. The van der Waals surface area contributed by atoms with E-state index in [4.69, 9.17) is 4.74 Å². The maximum atomic E-state index is 13.7. The van der Waals surface area contributed by atoms with E-state index in [0.717, 1.165) is 12.8 Å². The molecule has 1 aliphatic carbocycles. The number of fused-ring (bicyclic) bond motifs is 3. The Labute approximate surface area is 236 Å². The number of ether oxygens (including phenoxy) is 1. The van der Waals surface area contributed by atoms with Crippen LogP contribution in [0, 0.1) is 5.41 Å². The molecule has 1 aliphatic rings. The fraction of sp³-hybridized carbons (Fsp3) is 0.333. The average Bonchev–Trinajstić information content (AvgIpc) is 3.62. The molecule has 0 unspecified atom stereocenters. The van der Waals surface area contributed by atoms with Crippen molar-refractivity contribution in [3.8, 4) is 16.9 Å². The molecule has 0 radical (unpaired) electrons. The number of aromatic nitrogens is 6. The van der Waals surface area contributed by atoms with E-state index in [1.807, 2.05) is 16.7 Å². The number of nitrogens with zero attached hydrogens (tertiary/aromatic N) is 6. The van der Waals surface area contributed by atoms with E-state index in [-0.39, 0.29) is 23.1 Å². The molecule has 6 rings (SSSR count). The number of pyridine rings is 2. The van der Waals surface area contributed by atoms with Crippen molar-refractivity contribution in [2.45, 2.75) is 39.8 Å². The third-order valence-corrected chi connectivity index (χ3v) is 7.70. The first-order valence-electron chi connectivity index (χ1n) is 13.5. The van der Waals surface area contributed by atoms with Gasteiger partial charge in [0.2, 0.25) is 0 Å². The second kappa shape index (κ2) is 10.2. The van der Waals surface area contributed by atoms with Gasteiger partial charge in [-0.05, 0) is 47.6 Å². The van der Waals surface area contributed by atoms with Crippen molar-refractivity contribution in [2.75, 3.05) is 19.0 Å². The van der Waals surface area contributed by atoms with Crippen LogP contribution in [-0.2, 0) is 37.8 Å². The van der Waals surface area contributed by atoms with Crippen molar-refractivity contribution in [2.24, 2.45) is 12.5 Å². The van der Waals surface area contributed by atoms with E-state index in [0.29, 0.717) is 52.6 Å². The van der Waals surface area contributed by atoms with Crippen LogP contribution in [0.2, 0.25) is 0 Å². The summed E-state index contributed by atoms with van der Waals surface area (Å²) in [4.78, 5) is 31.2. The smallest absolute Gasteiger partial charge is 0.280 e. The molecule has 0 bridgehead atoms. The summed E-state index contributed by atoms with van der Waals surface area (Å²) in [6.07, 6.45) is 12.2. The summed E-state index contributed by atoms with van der Waals surface area (Å²) in [5.74, 6) is 0.349. The van der Waals surface area contributed by atoms with E-state index in [9.17, 15) is 14.7 Å². The molecule has 5 heterocycles. The minimum absolute atomic E-state index is 0.175. The highest BCUT2D eigenvalue weighted by Gasteiger charge is 2.31. The fourth-order valence-electron chi connectivity index (χ4n) is 5.78. The molecule has 5 aromatic heterocycles. The van der Waals surface area contributed by atoms with Crippen LogP contribution in [0.1, 0.15) is 30.7 Å². The molecule has 0 amide bonds. The van der Waals surface area contributed by atoms with Crippen LogP contribution in [0.25, 0.3) is 22.5 Å². The summed E-state index contributed by atoms with van der Waals surface area (Å²) < 4.78 is 11.8. The fourth-order valence-corrected chi connectivity index (χ4v) is 5.78. The standard InChI is InChI=1S/C30H33N7O4/c1-30(2)13-19-12-25-29(40)37(8-7-36(25)26(19)14-30)27-23(18-38)22(5-6-31-27)20-11-24(28(39)34(3)16-20)33-21-15-32-35(17-21)9-10-41-4/h5-8,11-12,15-17,33,38H,9-10,13-14,18H2,1-4H3. The highest BCUT2D eigenvalue weighted by atomic mass is 16.5. The number of hydrogen-bond donors (Lipinski definition) is 2. The van der Waals surface area contributed by atoms with Crippen molar-refractivity contribution in [3.63, 3.8) is 0 Å². The van der Waals surface area contributed by atoms with E-state index >= 15 is 0 Å². The predicted octanol–water partition coefficient (Wildman–Crippen LogP) is 3.05. The van der Waals surface area contributed by atoms with Crippen LogP contribution in [-0.4, -0.2) is 47.1 Å². The van der Waals surface area contributed by atoms with Gasteiger partial charge in [0.1, 0.15) is 17.0 Å². The number of nitrogens with one attached hydrogen (secondary N) is 1. The molecular weight excluding hydrogens is 522 g/mol. The van der Waals surface area contributed by atoms with Gasteiger partial charge in [-0.15, -0.1) is 0 Å². The van der Waals surface area contributed by atoms with Gasteiger partial charge in [-0.3, -0.25) is 18.8 Å². The second-order valence-corrected chi connectivity index (χ2v) is 11.3. The molecule has 2 N–H and O–H groups in total. The number of methoxy groups -OCH3 is 1. The Balaban J connectivity index is 1.40. The summed E-state index contributed by atoms with van der Waals surface area (Å²) in [5, 5.41) is 18.0. The molecule has 0 spiro atoms. The largest absolute Gasteiger partial charge is 0.392 e. The molecule has 0 atom stereocenters. The van der Waals surface area contributed by atoms with Gasteiger partial charge in [-0.2, -0.15) is 5.10 Å². The van der Waals surface area contributed by atoms with Crippen molar-refractivity contribution < 1.29 is 9.84 Å². The van der Waals surface area contributed by atoms with Crippen LogP contribution < -0.4 is 16.4 Å². The van der Waals surface area contributed by atoms with E-state index in [1.165, 1.54) is 20.4 Å². The highest BCUT2D eigenvalue weighted by Crippen LogP contribution is 2.37. The first kappa shape index (κ1) is 26.7. The van der Waals surface area contributed by atoms with Gasteiger partial charge in [-0.25, -0.2) is 4.98 Å². The predicted molar refractivity (Wildman–Crippen MR) is 156 cm³/mol. The monoisotopic (exact) mass is 555 g/mol. The molecule has 212 valence electrons. The van der Waals surface area contributed by atoms with Gasteiger partial charge in [0.15, 0.2) is 0 Å². The molecule has 0 fully saturated rings. The summed E-state index contributed by atoms with van der Waals surface area (Å²) in [6, 6.07) is 5.49. The first-order chi connectivity index (χ1) is 19.7. The van der Waals surface area contributed by atoms with E-state index in [1.54, 1.807) is 62.0 Å². The maximum Gasteiger partial charge on any atom is 0.280 e. The lowest BCUT2D eigenvalue weighted by atomic mass is 9.90. The molecule has 11 nitrogen and oxygen atoms in total. The topological polar surface area (TPSA) is 121 Å². The zero-order valence-corrected chi connectivity index (χ0v) is 23.6. The van der Waals surface area contributed by atoms with E-state index < -0.39 is 0 Å². The minimum Gasteiger partial charge on any atom is -0.392 e. The van der Waals surface area contributed by atoms with Crippen molar-refractivity contribution in [1.82, 2.24) is 28.3 Å². The number of anilines is 2. The third-order valence-electron chi connectivity index (χ3n) is 7.70. The zero-order chi connectivity index (χ0) is 28.9. The van der Waals surface area contributed by atoms with Gasteiger partial charge in [0, 0.05) is 62.0 Å². The molecule has 0 saturated heterocycles. The Morgan fingerprint density at radius 2 is 1.95 bits per heavy atom. The second-order valence-electron chi connectivity index (χ2n) is 11.3. The van der Waals surface area contributed by atoms with Crippen LogP contribution >= 0.6 is 0 Å². The van der Waals surface area contributed by atoms with Crippen LogP contribution in [0.5, 0.6) is 0 Å². The van der Waals surface area contributed by atoms with Crippen molar-refractivity contribution in [1.29, 1.82) is 0 Å². The molecule has 0 saturated carbocycles. The van der Waals surface area contributed by atoms with Gasteiger partial charge in [0.05, 0.1) is 31.6 Å². The first-order valence-corrected chi connectivity index (χ1v) is 13.5. The zero-order valence-electron chi connectivity index (χ0n) is 23.6. The summed E-state index contributed by atoms with van der Waals surface area (Å²) >= 11 is 0. The molecule has 41 heavy (non-hydrogen) atoms. The minimum atomic E-state index is -0.348. The average molecular weight is 556 g/mol. The number of rotatable bonds is 8. The maximum absolute atomic E-state index is 13.7. The number of hydrogen-bond acceptors (Lipinski definition) is 7. The quantitative estimate of drug-likeness (QED) is 0.302. The van der Waals surface area contributed by atoms with Crippen LogP contribution in [0.15, 0.2) is 65.0 Å². The summed E-state index contributed by atoms with van der Waals surface area (Å²) in [6.45, 7) is 5.23. The SMILES string of the molecule is COCCn1cc(Nc2cc(-c3ccnc(-n4ccn5c6c(cc5c4=O)CC(C)(C)C6)c3CO)cn(C)c2=O)cn1. The molecular formula is C30H33N7O4. The van der Waals surface area contributed by atoms with Gasteiger partial charge >= 0.3 is 0 Å². The number of aliphatic hydroxyl groups excluding tert-OH is 1. The summed E-state index contributed by atoms with van der Waals surface area (Å²) in [7, 11) is 3.30. The van der Waals surface area contributed by atoms with Gasteiger partial charge in [-0.1, -0.05) is 13.8 Å². The molecule has 0 aromatic carbocycles. The van der Waals surface area contributed by atoms with Crippen molar-refractivity contribution in [3.05, 3.63) is 92.9 Å². The Kier molecular flexibility index (Phi) is 6.63. The lowest BCUT2D eigenvalue weighted by Gasteiger charge is -2.17. The van der Waals surface area contributed by atoms with Crippen LogP contribution in [0.4, 0.5) is 11.4 Å². The Morgan fingerprint density at radius 1 is 1.12 bits per heavy atom. The van der Waals surface area contributed by atoms with Crippen LogP contribution in [0.3, 0.4) is 0 Å². The highest BCUT2D eigenvalue weighted by molar-refractivity contribution is 5.73. The Hall–Kier alpha value is -4.48. The van der Waals surface area contributed by atoms with E-state index in [2.05, 4.69) is 29.2 Å². The van der Waals surface area contributed by atoms with Crippen molar-refractivity contribution >= 4 is 16.9 Å². The molecule has 5 aromatic rings. The molecule has 11 heteroatoms. The molecule has 0 aliphatic heterocycles.